The van der Waals surface area contributed by atoms with Gasteiger partial charge >= 0.3 is 24.0 Å². The van der Waals surface area contributed by atoms with Gasteiger partial charge in [0.15, 0.2) is 0 Å². The molecule has 0 unspecified atom stereocenters. The summed E-state index contributed by atoms with van der Waals surface area (Å²) in [6, 6.07) is 4.54. The number of nitrogens with zero attached hydrogens (tertiary/aromatic N) is 2. The van der Waals surface area contributed by atoms with Gasteiger partial charge in [-0.15, -0.1) is 0 Å². The number of fused-ring (bicyclic) bond motifs is 1. The van der Waals surface area contributed by atoms with Gasteiger partial charge in [0.1, 0.15) is 6.54 Å². The molecule has 0 spiro atoms. The SMILES string of the molecule is CCOC(=O)Cn1c(=O)n(Cc2cc(C(F)(F)F)cc(C(F)(F)F)c2)c(=O)c2ccc(Cl)cc21. The molecule has 0 saturated carbocycles. The molecule has 0 aliphatic heterocycles. The Bertz CT molecular complexity index is 1340. The second-order valence-electron chi connectivity index (χ2n) is 7.14. The highest BCUT2D eigenvalue weighted by Gasteiger charge is 2.37. The predicted molar refractivity (Wildman–Crippen MR) is 110 cm³/mol. The Kier molecular flexibility index (Phi) is 6.83. The van der Waals surface area contributed by atoms with E-state index in [1.807, 2.05) is 0 Å². The molecule has 2 aromatic carbocycles. The summed E-state index contributed by atoms with van der Waals surface area (Å²) in [5, 5.41) is -0.00863. The zero-order valence-electron chi connectivity index (χ0n) is 17.3. The second-order valence-corrected chi connectivity index (χ2v) is 7.58. The molecule has 1 heterocycles. The summed E-state index contributed by atoms with van der Waals surface area (Å²) in [5.74, 6) is -0.852. The number of hydrogen-bond donors (Lipinski definition) is 0. The summed E-state index contributed by atoms with van der Waals surface area (Å²) in [5.41, 5.74) is -5.94. The molecule has 34 heavy (non-hydrogen) atoms. The van der Waals surface area contributed by atoms with Crippen LogP contribution in [0.4, 0.5) is 26.3 Å². The van der Waals surface area contributed by atoms with E-state index in [0.717, 1.165) is 4.57 Å². The van der Waals surface area contributed by atoms with Crippen LogP contribution in [0, 0.1) is 0 Å². The summed E-state index contributed by atoms with van der Waals surface area (Å²) in [4.78, 5) is 38.0. The average molecular weight is 509 g/mol. The third-order valence-corrected chi connectivity index (χ3v) is 5.00. The normalized spacial score (nSPS) is 12.2. The Balaban J connectivity index is 2.25. The maximum atomic E-state index is 13.2. The van der Waals surface area contributed by atoms with Crippen LogP contribution in [-0.2, 0) is 35.0 Å². The molecule has 0 amide bonds. The van der Waals surface area contributed by atoms with Crippen molar-refractivity contribution in [2.45, 2.75) is 32.4 Å². The van der Waals surface area contributed by atoms with E-state index in [2.05, 4.69) is 0 Å². The number of halogens is 7. The molecule has 3 aromatic rings. The fraction of sp³-hybridized carbons (Fsp3) is 0.286. The van der Waals surface area contributed by atoms with Crippen molar-refractivity contribution in [1.82, 2.24) is 9.13 Å². The molecule has 0 radical (unpaired) electrons. The molecule has 0 bridgehead atoms. The maximum Gasteiger partial charge on any atom is 0.416 e. The molecule has 13 heteroatoms. The minimum Gasteiger partial charge on any atom is -0.465 e. The van der Waals surface area contributed by atoms with Crippen LogP contribution >= 0.6 is 11.6 Å². The predicted octanol–water partition coefficient (Wildman–Crippen LogP) is 4.47. The van der Waals surface area contributed by atoms with E-state index in [1.54, 1.807) is 0 Å². The van der Waals surface area contributed by atoms with Gasteiger partial charge in [-0.2, -0.15) is 26.3 Å². The zero-order chi connectivity index (χ0) is 25.4. The third kappa shape index (κ3) is 5.27. The Morgan fingerprint density at radius 1 is 0.941 bits per heavy atom. The van der Waals surface area contributed by atoms with Gasteiger partial charge in [0.25, 0.3) is 5.56 Å². The lowest BCUT2D eigenvalue weighted by atomic mass is 10.0. The Morgan fingerprint density at radius 3 is 2.06 bits per heavy atom. The lowest BCUT2D eigenvalue weighted by Gasteiger charge is -2.16. The van der Waals surface area contributed by atoms with Crippen molar-refractivity contribution in [2.75, 3.05) is 6.61 Å². The van der Waals surface area contributed by atoms with Crippen molar-refractivity contribution in [3.05, 3.63) is 78.9 Å². The summed E-state index contributed by atoms with van der Waals surface area (Å²) >= 11 is 5.93. The summed E-state index contributed by atoms with van der Waals surface area (Å²) in [6.07, 6.45) is -10.2. The van der Waals surface area contributed by atoms with Crippen LogP contribution in [0.15, 0.2) is 46.0 Å². The number of carbonyl (C=O) groups excluding carboxylic acids is 1. The Labute approximate surface area is 191 Å². The number of benzene rings is 2. The van der Waals surface area contributed by atoms with Gasteiger partial charge in [0.05, 0.1) is 35.2 Å². The van der Waals surface area contributed by atoms with Crippen molar-refractivity contribution in [3.8, 4) is 0 Å². The number of aromatic nitrogens is 2. The van der Waals surface area contributed by atoms with E-state index in [0.29, 0.717) is 16.7 Å². The highest BCUT2D eigenvalue weighted by Crippen LogP contribution is 2.36. The summed E-state index contributed by atoms with van der Waals surface area (Å²) in [6.45, 7) is -0.0783. The van der Waals surface area contributed by atoms with Crippen molar-refractivity contribution >= 4 is 28.5 Å². The van der Waals surface area contributed by atoms with Gasteiger partial charge in [-0.25, -0.2) is 4.79 Å². The fourth-order valence-electron chi connectivity index (χ4n) is 3.31. The first kappa shape index (κ1) is 25.3. The lowest BCUT2D eigenvalue weighted by molar-refractivity contribution is -0.144. The molecule has 0 saturated heterocycles. The number of carbonyl (C=O) groups is 1. The van der Waals surface area contributed by atoms with E-state index >= 15 is 0 Å². The van der Waals surface area contributed by atoms with Crippen molar-refractivity contribution < 1.29 is 35.9 Å². The van der Waals surface area contributed by atoms with E-state index < -0.39 is 59.4 Å². The van der Waals surface area contributed by atoms with Crippen LogP contribution in [0.3, 0.4) is 0 Å². The van der Waals surface area contributed by atoms with Gasteiger partial charge < -0.3 is 4.74 Å². The quantitative estimate of drug-likeness (QED) is 0.377. The molecule has 0 atom stereocenters. The minimum absolute atomic E-state index is 0.0175. The second kappa shape index (κ2) is 9.16. The molecule has 3 rings (SSSR count). The molecule has 0 N–H and O–H groups in total. The fourth-order valence-corrected chi connectivity index (χ4v) is 3.48. The molecule has 0 aliphatic rings. The lowest BCUT2D eigenvalue weighted by Crippen LogP contribution is -2.41. The number of ether oxygens (including phenoxy) is 1. The Morgan fingerprint density at radius 2 is 1.53 bits per heavy atom. The molecular formula is C21H15ClF6N2O4. The van der Waals surface area contributed by atoms with Crippen LogP contribution in [0.1, 0.15) is 23.6 Å². The molecule has 182 valence electrons. The molecule has 6 nitrogen and oxygen atoms in total. The van der Waals surface area contributed by atoms with Gasteiger partial charge in [-0.1, -0.05) is 11.6 Å². The molecule has 0 aliphatic carbocycles. The first-order chi connectivity index (χ1) is 15.7. The van der Waals surface area contributed by atoms with E-state index in [-0.39, 0.29) is 28.6 Å². The smallest absolute Gasteiger partial charge is 0.416 e. The van der Waals surface area contributed by atoms with Gasteiger partial charge in [-0.3, -0.25) is 18.7 Å². The first-order valence-corrected chi connectivity index (χ1v) is 9.97. The summed E-state index contributed by atoms with van der Waals surface area (Å²) in [7, 11) is 0. The number of alkyl halides is 6. The third-order valence-electron chi connectivity index (χ3n) is 4.77. The van der Waals surface area contributed by atoms with Crippen LogP contribution in [0.2, 0.25) is 5.02 Å². The Hall–Kier alpha value is -3.28. The minimum atomic E-state index is -5.11. The van der Waals surface area contributed by atoms with Crippen LogP contribution in [-0.4, -0.2) is 21.7 Å². The van der Waals surface area contributed by atoms with E-state index in [9.17, 15) is 40.7 Å². The largest absolute Gasteiger partial charge is 0.465 e. The molecule has 0 fully saturated rings. The average Bonchev–Trinajstić information content (AvgIpc) is 2.73. The standard InChI is InChI=1S/C21H15ClF6N2O4/c1-2-34-17(31)10-29-16-8-14(22)3-4-15(16)18(32)30(19(29)33)9-11-5-12(20(23,24)25)7-13(6-11)21(26,27)28/h3-8H,2,9-10H2,1H3. The van der Waals surface area contributed by atoms with Gasteiger partial charge in [0.2, 0.25) is 0 Å². The van der Waals surface area contributed by atoms with Crippen molar-refractivity contribution in [1.29, 1.82) is 0 Å². The van der Waals surface area contributed by atoms with E-state index in [4.69, 9.17) is 16.3 Å². The van der Waals surface area contributed by atoms with E-state index in [1.165, 1.54) is 25.1 Å². The van der Waals surface area contributed by atoms with Crippen LogP contribution in [0.25, 0.3) is 10.9 Å². The van der Waals surface area contributed by atoms with Crippen LogP contribution in [0.5, 0.6) is 0 Å². The zero-order valence-corrected chi connectivity index (χ0v) is 18.0. The summed E-state index contributed by atoms with van der Waals surface area (Å²) < 4.78 is 85.2. The molecular weight excluding hydrogens is 494 g/mol. The van der Waals surface area contributed by atoms with Crippen LogP contribution < -0.4 is 11.2 Å². The topological polar surface area (TPSA) is 70.3 Å². The number of hydrogen-bond acceptors (Lipinski definition) is 4. The number of rotatable bonds is 5. The molecule has 1 aromatic heterocycles. The van der Waals surface area contributed by atoms with Gasteiger partial charge in [-0.05, 0) is 48.9 Å². The van der Waals surface area contributed by atoms with Crippen molar-refractivity contribution in [2.24, 2.45) is 0 Å². The van der Waals surface area contributed by atoms with Crippen molar-refractivity contribution in [3.63, 3.8) is 0 Å². The number of esters is 1. The first-order valence-electron chi connectivity index (χ1n) is 9.59. The van der Waals surface area contributed by atoms with Gasteiger partial charge in [0, 0.05) is 5.02 Å². The maximum absolute atomic E-state index is 13.2. The highest BCUT2D eigenvalue weighted by molar-refractivity contribution is 6.31. The highest BCUT2D eigenvalue weighted by atomic mass is 35.5. The monoisotopic (exact) mass is 508 g/mol.